The van der Waals surface area contributed by atoms with Gasteiger partial charge in [0, 0.05) is 19.6 Å². The summed E-state index contributed by atoms with van der Waals surface area (Å²) in [5, 5.41) is 3.36. The lowest BCUT2D eigenvalue weighted by atomic mass is 10.1. The fraction of sp³-hybridized carbons (Fsp3) is 0.588. The van der Waals surface area contributed by atoms with Gasteiger partial charge in [-0.3, -0.25) is 4.79 Å². The first kappa shape index (κ1) is 15.8. The van der Waals surface area contributed by atoms with Crippen LogP contribution in [0.1, 0.15) is 38.2 Å². The van der Waals surface area contributed by atoms with Gasteiger partial charge < -0.3 is 15.0 Å². The van der Waals surface area contributed by atoms with Crippen molar-refractivity contribution >= 4 is 5.91 Å². The van der Waals surface area contributed by atoms with E-state index in [4.69, 9.17) is 4.74 Å². The molecule has 1 aromatic rings. The lowest BCUT2D eigenvalue weighted by Crippen LogP contribution is -2.38. The third-order valence-electron chi connectivity index (χ3n) is 3.73. The Bertz CT molecular complexity index is 442. The second-order valence-electron chi connectivity index (χ2n) is 5.55. The molecule has 1 amide bonds. The zero-order valence-electron chi connectivity index (χ0n) is 12.9. The van der Waals surface area contributed by atoms with Gasteiger partial charge in [-0.25, -0.2) is 0 Å². The lowest BCUT2D eigenvalue weighted by molar-refractivity contribution is -0.134. The van der Waals surface area contributed by atoms with Crippen LogP contribution in [0.15, 0.2) is 24.3 Å². The highest BCUT2D eigenvalue weighted by Gasteiger charge is 2.16. The minimum Gasteiger partial charge on any atom is -0.484 e. The third-order valence-corrected chi connectivity index (χ3v) is 3.73. The van der Waals surface area contributed by atoms with E-state index in [0.29, 0.717) is 0 Å². The summed E-state index contributed by atoms with van der Waals surface area (Å²) in [6.45, 7) is 5.90. The molecule has 0 radical (unpaired) electrons. The van der Waals surface area contributed by atoms with E-state index >= 15 is 0 Å². The van der Waals surface area contributed by atoms with Crippen molar-refractivity contribution in [2.75, 3.05) is 26.2 Å². The number of benzene rings is 1. The number of likely N-dealkylation sites (tertiary alicyclic amines) is 1. The summed E-state index contributed by atoms with van der Waals surface area (Å²) < 4.78 is 5.65. The summed E-state index contributed by atoms with van der Waals surface area (Å²) >= 11 is 0. The highest BCUT2D eigenvalue weighted by atomic mass is 16.5. The van der Waals surface area contributed by atoms with Crippen molar-refractivity contribution in [2.24, 2.45) is 0 Å². The SMILES string of the molecule is CCCNCc1cccc(OCC(=O)N2CCCCC2)c1. The summed E-state index contributed by atoms with van der Waals surface area (Å²) in [5.74, 6) is 0.875. The number of ether oxygens (including phenoxy) is 1. The molecule has 4 nitrogen and oxygen atoms in total. The maximum atomic E-state index is 12.1. The number of piperidine rings is 1. The second-order valence-corrected chi connectivity index (χ2v) is 5.55. The van der Waals surface area contributed by atoms with E-state index in [9.17, 15) is 4.79 Å². The van der Waals surface area contributed by atoms with Gasteiger partial charge in [0.1, 0.15) is 5.75 Å². The van der Waals surface area contributed by atoms with Crippen LogP contribution in [-0.2, 0) is 11.3 Å². The number of carbonyl (C=O) groups excluding carboxylic acids is 1. The predicted molar refractivity (Wildman–Crippen MR) is 84.4 cm³/mol. The normalized spacial score (nSPS) is 15.0. The number of rotatable bonds is 7. The summed E-state index contributed by atoms with van der Waals surface area (Å²) in [6.07, 6.45) is 4.59. The van der Waals surface area contributed by atoms with Gasteiger partial charge in [-0.1, -0.05) is 19.1 Å². The average molecular weight is 290 g/mol. The molecule has 1 heterocycles. The van der Waals surface area contributed by atoms with Crippen LogP contribution in [0.4, 0.5) is 0 Å². The molecule has 1 aromatic carbocycles. The topological polar surface area (TPSA) is 41.6 Å². The summed E-state index contributed by atoms with van der Waals surface area (Å²) in [6, 6.07) is 7.96. The quantitative estimate of drug-likeness (QED) is 0.785. The van der Waals surface area contributed by atoms with E-state index < -0.39 is 0 Å². The molecule has 0 bridgehead atoms. The van der Waals surface area contributed by atoms with E-state index in [1.807, 2.05) is 23.1 Å². The smallest absolute Gasteiger partial charge is 0.260 e. The van der Waals surface area contributed by atoms with Gasteiger partial charge in [0.15, 0.2) is 6.61 Å². The van der Waals surface area contributed by atoms with Crippen molar-refractivity contribution in [1.82, 2.24) is 10.2 Å². The summed E-state index contributed by atoms with van der Waals surface area (Å²) in [5.41, 5.74) is 1.19. The van der Waals surface area contributed by atoms with Crippen molar-refractivity contribution in [3.63, 3.8) is 0 Å². The molecule has 0 unspecified atom stereocenters. The molecule has 0 aromatic heterocycles. The molecule has 116 valence electrons. The Morgan fingerprint density at radius 3 is 2.86 bits per heavy atom. The molecule has 0 atom stereocenters. The van der Waals surface area contributed by atoms with Crippen molar-refractivity contribution in [3.05, 3.63) is 29.8 Å². The fourth-order valence-corrected chi connectivity index (χ4v) is 2.53. The maximum Gasteiger partial charge on any atom is 0.260 e. The molecular weight excluding hydrogens is 264 g/mol. The standard InChI is InChI=1S/C17H26N2O2/c1-2-9-18-13-15-7-6-8-16(12-15)21-14-17(20)19-10-4-3-5-11-19/h6-8,12,18H,2-5,9-11,13-14H2,1H3. The number of hydrogen-bond acceptors (Lipinski definition) is 3. The summed E-state index contributed by atoms with van der Waals surface area (Å²) in [7, 11) is 0. The van der Waals surface area contributed by atoms with E-state index in [1.165, 1.54) is 12.0 Å². The van der Waals surface area contributed by atoms with Gasteiger partial charge in [-0.2, -0.15) is 0 Å². The Morgan fingerprint density at radius 2 is 2.10 bits per heavy atom. The van der Waals surface area contributed by atoms with Crippen LogP contribution in [0.3, 0.4) is 0 Å². The van der Waals surface area contributed by atoms with Crippen LogP contribution in [0, 0.1) is 0 Å². The van der Waals surface area contributed by atoms with Gasteiger partial charge in [0.25, 0.3) is 5.91 Å². The molecule has 4 heteroatoms. The van der Waals surface area contributed by atoms with Crippen LogP contribution in [0.25, 0.3) is 0 Å². The van der Waals surface area contributed by atoms with Gasteiger partial charge in [-0.05, 0) is 49.9 Å². The first-order valence-electron chi connectivity index (χ1n) is 8.00. The Kier molecular flexibility index (Phi) is 6.54. The van der Waals surface area contributed by atoms with Crippen LogP contribution < -0.4 is 10.1 Å². The van der Waals surface area contributed by atoms with Crippen molar-refractivity contribution in [3.8, 4) is 5.75 Å². The molecule has 0 aliphatic carbocycles. The largest absolute Gasteiger partial charge is 0.484 e. The first-order chi connectivity index (χ1) is 10.3. The molecule has 2 rings (SSSR count). The fourth-order valence-electron chi connectivity index (χ4n) is 2.53. The highest BCUT2D eigenvalue weighted by Crippen LogP contribution is 2.14. The zero-order chi connectivity index (χ0) is 14.9. The van der Waals surface area contributed by atoms with Crippen molar-refractivity contribution in [2.45, 2.75) is 39.2 Å². The van der Waals surface area contributed by atoms with E-state index in [-0.39, 0.29) is 12.5 Å². The van der Waals surface area contributed by atoms with E-state index in [0.717, 1.165) is 51.2 Å². The van der Waals surface area contributed by atoms with Crippen LogP contribution >= 0.6 is 0 Å². The molecule has 1 saturated heterocycles. The number of nitrogens with one attached hydrogen (secondary N) is 1. The Morgan fingerprint density at radius 1 is 1.29 bits per heavy atom. The highest BCUT2D eigenvalue weighted by molar-refractivity contribution is 5.77. The second kappa shape index (κ2) is 8.67. The average Bonchev–Trinajstić information content (AvgIpc) is 2.54. The van der Waals surface area contributed by atoms with Crippen molar-refractivity contribution < 1.29 is 9.53 Å². The minimum absolute atomic E-state index is 0.101. The van der Waals surface area contributed by atoms with Gasteiger partial charge in [0.05, 0.1) is 0 Å². The summed E-state index contributed by atoms with van der Waals surface area (Å²) in [4.78, 5) is 14.0. The number of amides is 1. The van der Waals surface area contributed by atoms with Crippen LogP contribution in [0.5, 0.6) is 5.75 Å². The van der Waals surface area contributed by atoms with Crippen molar-refractivity contribution in [1.29, 1.82) is 0 Å². The van der Waals surface area contributed by atoms with Crippen LogP contribution in [-0.4, -0.2) is 37.0 Å². The molecule has 0 saturated carbocycles. The maximum absolute atomic E-state index is 12.1. The lowest BCUT2D eigenvalue weighted by Gasteiger charge is -2.26. The Balaban J connectivity index is 1.79. The first-order valence-corrected chi connectivity index (χ1v) is 8.00. The number of nitrogens with zero attached hydrogens (tertiary/aromatic N) is 1. The van der Waals surface area contributed by atoms with Gasteiger partial charge >= 0.3 is 0 Å². The van der Waals surface area contributed by atoms with E-state index in [2.05, 4.69) is 18.3 Å². The molecule has 1 aliphatic heterocycles. The monoisotopic (exact) mass is 290 g/mol. The molecule has 0 spiro atoms. The van der Waals surface area contributed by atoms with Gasteiger partial charge in [-0.15, -0.1) is 0 Å². The Hall–Kier alpha value is -1.55. The predicted octanol–water partition coefficient (Wildman–Crippen LogP) is 2.58. The minimum atomic E-state index is 0.101. The van der Waals surface area contributed by atoms with Gasteiger partial charge in [0.2, 0.25) is 0 Å². The van der Waals surface area contributed by atoms with Crippen LogP contribution in [0.2, 0.25) is 0 Å². The molecule has 21 heavy (non-hydrogen) atoms. The zero-order valence-corrected chi connectivity index (χ0v) is 12.9. The number of hydrogen-bond donors (Lipinski definition) is 1. The molecule has 1 N–H and O–H groups in total. The van der Waals surface area contributed by atoms with E-state index in [1.54, 1.807) is 0 Å². The molecule has 1 fully saturated rings. The molecule has 1 aliphatic rings. The molecular formula is C17H26N2O2. The third kappa shape index (κ3) is 5.38. The number of carbonyl (C=O) groups is 1. The Labute approximate surface area is 127 Å².